The predicted molar refractivity (Wildman–Crippen MR) is 57.8 cm³/mol. The van der Waals surface area contributed by atoms with E-state index in [1.165, 1.54) is 12.8 Å². The van der Waals surface area contributed by atoms with Crippen LogP contribution in [-0.2, 0) is 4.79 Å². The fraction of sp³-hybridized carbons (Fsp3) is 0.909. The Labute approximate surface area is 86.4 Å². The van der Waals surface area contributed by atoms with Crippen molar-refractivity contribution in [2.75, 3.05) is 0 Å². The molecule has 3 nitrogen and oxygen atoms in total. The SMILES string of the molecule is CCC[C@@H](N)C(=O)NC1CCCC1C. The first-order valence-electron chi connectivity index (χ1n) is 5.71. The van der Waals surface area contributed by atoms with Gasteiger partial charge in [0, 0.05) is 6.04 Å². The van der Waals surface area contributed by atoms with Crippen LogP contribution >= 0.6 is 0 Å². The molecule has 0 aromatic carbocycles. The molecule has 0 saturated heterocycles. The van der Waals surface area contributed by atoms with Gasteiger partial charge < -0.3 is 11.1 Å². The third-order valence-electron chi connectivity index (χ3n) is 3.13. The minimum atomic E-state index is -0.312. The van der Waals surface area contributed by atoms with Gasteiger partial charge in [-0.3, -0.25) is 4.79 Å². The molecule has 0 radical (unpaired) electrons. The summed E-state index contributed by atoms with van der Waals surface area (Å²) in [6.45, 7) is 4.24. The van der Waals surface area contributed by atoms with Crippen LogP contribution in [-0.4, -0.2) is 18.0 Å². The lowest BCUT2D eigenvalue weighted by atomic mass is 10.1. The lowest BCUT2D eigenvalue weighted by Crippen LogP contribution is -2.46. The van der Waals surface area contributed by atoms with Crippen molar-refractivity contribution in [1.29, 1.82) is 0 Å². The second-order valence-electron chi connectivity index (χ2n) is 4.42. The topological polar surface area (TPSA) is 55.1 Å². The summed E-state index contributed by atoms with van der Waals surface area (Å²) in [6.07, 6.45) is 5.33. The molecule has 1 amide bonds. The predicted octanol–water partition coefficient (Wildman–Crippen LogP) is 1.42. The average molecular weight is 198 g/mol. The first kappa shape index (κ1) is 11.5. The third-order valence-corrected chi connectivity index (χ3v) is 3.13. The number of carbonyl (C=O) groups excluding carboxylic acids is 1. The molecular weight excluding hydrogens is 176 g/mol. The highest BCUT2D eigenvalue weighted by molar-refractivity contribution is 5.81. The molecule has 14 heavy (non-hydrogen) atoms. The van der Waals surface area contributed by atoms with Gasteiger partial charge in [-0.1, -0.05) is 26.7 Å². The van der Waals surface area contributed by atoms with Gasteiger partial charge in [0.1, 0.15) is 0 Å². The van der Waals surface area contributed by atoms with Crippen molar-refractivity contribution in [3.8, 4) is 0 Å². The van der Waals surface area contributed by atoms with Gasteiger partial charge >= 0.3 is 0 Å². The molecule has 1 fully saturated rings. The Bertz CT molecular complexity index is 194. The molecule has 0 heterocycles. The van der Waals surface area contributed by atoms with Crippen LogP contribution in [0, 0.1) is 5.92 Å². The van der Waals surface area contributed by atoms with E-state index in [0.29, 0.717) is 12.0 Å². The lowest BCUT2D eigenvalue weighted by Gasteiger charge is -2.19. The van der Waals surface area contributed by atoms with Gasteiger partial charge in [-0.15, -0.1) is 0 Å². The minimum Gasteiger partial charge on any atom is -0.352 e. The van der Waals surface area contributed by atoms with E-state index in [-0.39, 0.29) is 11.9 Å². The highest BCUT2D eigenvalue weighted by Gasteiger charge is 2.26. The first-order chi connectivity index (χ1) is 6.65. The smallest absolute Gasteiger partial charge is 0.237 e. The van der Waals surface area contributed by atoms with E-state index in [1.807, 2.05) is 6.92 Å². The van der Waals surface area contributed by atoms with Crippen LogP contribution in [0.25, 0.3) is 0 Å². The third kappa shape index (κ3) is 2.98. The molecule has 0 spiro atoms. The molecule has 3 atom stereocenters. The van der Waals surface area contributed by atoms with Crippen molar-refractivity contribution in [1.82, 2.24) is 5.32 Å². The molecule has 1 rings (SSSR count). The number of nitrogens with two attached hydrogens (primary N) is 1. The van der Waals surface area contributed by atoms with Crippen LogP contribution in [0.5, 0.6) is 0 Å². The Hall–Kier alpha value is -0.570. The second-order valence-corrected chi connectivity index (χ2v) is 4.42. The Kier molecular flexibility index (Phi) is 4.39. The van der Waals surface area contributed by atoms with Gasteiger partial charge in [0.2, 0.25) is 5.91 Å². The summed E-state index contributed by atoms with van der Waals surface area (Å²) in [4.78, 5) is 11.6. The van der Waals surface area contributed by atoms with Crippen molar-refractivity contribution in [2.45, 2.75) is 58.0 Å². The van der Waals surface area contributed by atoms with E-state index in [2.05, 4.69) is 12.2 Å². The molecule has 0 bridgehead atoms. The average Bonchev–Trinajstić information content (AvgIpc) is 2.52. The van der Waals surface area contributed by atoms with Gasteiger partial charge in [0.15, 0.2) is 0 Å². The van der Waals surface area contributed by atoms with Crippen molar-refractivity contribution in [3.63, 3.8) is 0 Å². The number of carbonyl (C=O) groups is 1. The molecular formula is C11H22N2O. The summed E-state index contributed by atoms with van der Waals surface area (Å²) < 4.78 is 0. The molecule has 3 N–H and O–H groups in total. The zero-order valence-electron chi connectivity index (χ0n) is 9.25. The minimum absolute atomic E-state index is 0.0330. The van der Waals surface area contributed by atoms with Gasteiger partial charge in [-0.05, 0) is 25.2 Å². The van der Waals surface area contributed by atoms with Crippen LogP contribution in [0.2, 0.25) is 0 Å². The zero-order valence-corrected chi connectivity index (χ0v) is 9.25. The van der Waals surface area contributed by atoms with E-state index in [0.717, 1.165) is 19.3 Å². The van der Waals surface area contributed by atoms with E-state index in [1.54, 1.807) is 0 Å². The molecule has 0 aromatic heterocycles. The zero-order chi connectivity index (χ0) is 10.6. The molecule has 0 aliphatic heterocycles. The Morgan fingerprint density at radius 1 is 1.57 bits per heavy atom. The maximum absolute atomic E-state index is 11.6. The van der Waals surface area contributed by atoms with Crippen molar-refractivity contribution < 1.29 is 4.79 Å². The number of hydrogen-bond acceptors (Lipinski definition) is 2. The van der Waals surface area contributed by atoms with Crippen molar-refractivity contribution >= 4 is 5.91 Å². The largest absolute Gasteiger partial charge is 0.352 e. The number of hydrogen-bond donors (Lipinski definition) is 2. The van der Waals surface area contributed by atoms with Crippen LogP contribution < -0.4 is 11.1 Å². The Morgan fingerprint density at radius 2 is 2.29 bits per heavy atom. The molecule has 1 aliphatic carbocycles. The number of rotatable bonds is 4. The summed E-state index contributed by atoms with van der Waals surface area (Å²) in [6, 6.07) is 0.0539. The second kappa shape index (κ2) is 5.35. The van der Waals surface area contributed by atoms with Crippen LogP contribution in [0.4, 0.5) is 0 Å². The van der Waals surface area contributed by atoms with Gasteiger partial charge in [-0.2, -0.15) is 0 Å². The lowest BCUT2D eigenvalue weighted by molar-refractivity contribution is -0.123. The molecule has 2 unspecified atom stereocenters. The number of nitrogens with one attached hydrogen (secondary N) is 1. The highest BCUT2D eigenvalue weighted by atomic mass is 16.2. The van der Waals surface area contributed by atoms with Gasteiger partial charge in [-0.25, -0.2) is 0 Å². The summed E-state index contributed by atoms with van der Waals surface area (Å²) in [7, 11) is 0. The molecule has 3 heteroatoms. The fourth-order valence-electron chi connectivity index (χ4n) is 2.09. The normalized spacial score (nSPS) is 28.8. The Morgan fingerprint density at radius 3 is 2.79 bits per heavy atom. The highest BCUT2D eigenvalue weighted by Crippen LogP contribution is 2.24. The van der Waals surface area contributed by atoms with Crippen molar-refractivity contribution in [2.24, 2.45) is 11.7 Å². The standard InChI is InChI=1S/C11H22N2O/c1-3-5-9(12)11(14)13-10-7-4-6-8(10)2/h8-10H,3-7,12H2,1-2H3,(H,13,14)/t8?,9-,10?/m1/s1. The van der Waals surface area contributed by atoms with Gasteiger partial charge in [0.05, 0.1) is 6.04 Å². The van der Waals surface area contributed by atoms with Gasteiger partial charge in [0.25, 0.3) is 0 Å². The summed E-state index contributed by atoms with van der Waals surface area (Å²) in [5, 5.41) is 3.05. The maximum Gasteiger partial charge on any atom is 0.237 e. The van der Waals surface area contributed by atoms with Crippen LogP contribution in [0.1, 0.15) is 46.0 Å². The summed E-state index contributed by atoms with van der Waals surface area (Å²) in [5.41, 5.74) is 5.74. The molecule has 0 aromatic rings. The van der Waals surface area contributed by atoms with E-state index < -0.39 is 0 Å². The van der Waals surface area contributed by atoms with Crippen LogP contribution in [0.3, 0.4) is 0 Å². The molecule has 1 saturated carbocycles. The Balaban J connectivity index is 2.32. The summed E-state index contributed by atoms with van der Waals surface area (Å²) >= 11 is 0. The van der Waals surface area contributed by atoms with Crippen molar-refractivity contribution in [3.05, 3.63) is 0 Å². The summed E-state index contributed by atoms with van der Waals surface area (Å²) in [5.74, 6) is 0.651. The fourth-order valence-corrected chi connectivity index (χ4v) is 2.09. The van der Waals surface area contributed by atoms with E-state index >= 15 is 0 Å². The monoisotopic (exact) mass is 198 g/mol. The molecule has 82 valence electrons. The number of amides is 1. The van der Waals surface area contributed by atoms with Crippen LogP contribution in [0.15, 0.2) is 0 Å². The quantitative estimate of drug-likeness (QED) is 0.717. The van der Waals surface area contributed by atoms with E-state index in [4.69, 9.17) is 5.73 Å². The maximum atomic E-state index is 11.6. The van der Waals surface area contributed by atoms with E-state index in [9.17, 15) is 4.79 Å². The first-order valence-corrected chi connectivity index (χ1v) is 5.71. The molecule has 1 aliphatic rings.